The lowest BCUT2D eigenvalue weighted by atomic mass is 10.4. The van der Waals surface area contributed by atoms with E-state index in [1.807, 2.05) is 0 Å². The molecule has 1 aliphatic carbocycles. The van der Waals surface area contributed by atoms with Crippen LogP contribution in [0.15, 0.2) is 0 Å². The average molecular weight is 185 g/mol. The van der Waals surface area contributed by atoms with Gasteiger partial charge in [0, 0.05) is 6.04 Å². The Hall–Kier alpha value is -0.570. The van der Waals surface area contributed by atoms with E-state index in [0.29, 0.717) is 19.2 Å². The van der Waals surface area contributed by atoms with Gasteiger partial charge in [-0.3, -0.25) is 4.79 Å². The minimum atomic E-state index is -0.118. The molecule has 3 nitrogen and oxygen atoms in total. The van der Waals surface area contributed by atoms with Crippen LogP contribution in [0.4, 0.5) is 0 Å². The fourth-order valence-corrected chi connectivity index (χ4v) is 1.20. The van der Waals surface area contributed by atoms with Gasteiger partial charge >= 0.3 is 5.97 Å². The first-order valence-electron chi connectivity index (χ1n) is 5.13. The van der Waals surface area contributed by atoms with Crippen molar-refractivity contribution in [3.8, 4) is 0 Å². The van der Waals surface area contributed by atoms with Crippen LogP contribution in [0, 0.1) is 5.92 Å². The molecule has 0 aromatic heterocycles. The van der Waals surface area contributed by atoms with Crippen molar-refractivity contribution in [1.29, 1.82) is 0 Å². The second-order valence-electron chi connectivity index (χ2n) is 3.77. The Labute approximate surface area is 79.8 Å². The molecule has 2 atom stereocenters. The Bertz CT molecular complexity index is 170. The fraction of sp³-hybridized carbons (Fsp3) is 0.900. The monoisotopic (exact) mass is 185 g/mol. The number of carbonyl (C=O) groups excluding carboxylic acids is 1. The van der Waals surface area contributed by atoms with Gasteiger partial charge in [-0.05, 0) is 18.8 Å². The first kappa shape index (κ1) is 10.5. The minimum absolute atomic E-state index is 0.118. The van der Waals surface area contributed by atoms with Crippen molar-refractivity contribution in [2.75, 3.05) is 13.2 Å². The van der Waals surface area contributed by atoms with Crippen LogP contribution in [0.2, 0.25) is 0 Å². The van der Waals surface area contributed by atoms with Crippen LogP contribution in [0.1, 0.15) is 33.1 Å². The van der Waals surface area contributed by atoms with Gasteiger partial charge in [-0.1, -0.05) is 20.3 Å². The summed E-state index contributed by atoms with van der Waals surface area (Å²) in [6, 6.07) is 0.554. The van der Waals surface area contributed by atoms with Crippen LogP contribution in [0.25, 0.3) is 0 Å². The molecule has 0 bridgehead atoms. The standard InChI is InChI=1S/C10H19NO2/c1-3-4-5-13-10(12)7-11-9-6-8(9)2/h8-9,11H,3-7H2,1-2H3. The molecule has 0 heterocycles. The van der Waals surface area contributed by atoms with Crippen molar-refractivity contribution in [3.05, 3.63) is 0 Å². The van der Waals surface area contributed by atoms with E-state index in [-0.39, 0.29) is 5.97 Å². The highest BCUT2D eigenvalue weighted by molar-refractivity contribution is 5.71. The molecule has 0 aromatic rings. The topological polar surface area (TPSA) is 38.3 Å². The van der Waals surface area contributed by atoms with Gasteiger partial charge in [-0.25, -0.2) is 0 Å². The molecule has 0 aliphatic heterocycles. The van der Waals surface area contributed by atoms with Crippen LogP contribution < -0.4 is 5.32 Å². The van der Waals surface area contributed by atoms with Crippen molar-refractivity contribution in [2.24, 2.45) is 5.92 Å². The highest BCUT2D eigenvalue weighted by Crippen LogP contribution is 2.28. The molecule has 1 fully saturated rings. The largest absolute Gasteiger partial charge is 0.465 e. The van der Waals surface area contributed by atoms with E-state index >= 15 is 0 Å². The fourth-order valence-electron chi connectivity index (χ4n) is 1.20. The SMILES string of the molecule is CCCCOC(=O)CNC1CC1C. The van der Waals surface area contributed by atoms with Crippen molar-refractivity contribution in [3.63, 3.8) is 0 Å². The van der Waals surface area contributed by atoms with E-state index in [1.54, 1.807) is 0 Å². The first-order valence-corrected chi connectivity index (χ1v) is 5.13. The van der Waals surface area contributed by atoms with E-state index in [4.69, 9.17) is 4.74 Å². The molecule has 1 saturated carbocycles. The molecule has 1 aliphatic rings. The average Bonchev–Trinajstić information content (AvgIpc) is 2.79. The molecule has 3 heteroatoms. The van der Waals surface area contributed by atoms with E-state index in [2.05, 4.69) is 19.2 Å². The maximum atomic E-state index is 11.1. The zero-order chi connectivity index (χ0) is 9.68. The highest BCUT2D eigenvalue weighted by Gasteiger charge is 2.32. The van der Waals surface area contributed by atoms with Crippen molar-refractivity contribution >= 4 is 5.97 Å². The van der Waals surface area contributed by atoms with E-state index in [1.165, 1.54) is 6.42 Å². The van der Waals surface area contributed by atoms with Crippen LogP contribution >= 0.6 is 0 Å². The maximum absolute atomic E-state index is 11.1. The third kappa shape index (κ3) is 4.27. The summed E-state index contributed by atoms with van der Waals surface area (Å²) in [5.74, 6) is 0.621. The first-order chi connectivity index (χ1) is 6.24. The Kier molecular flexibility index (Phi) is 4.22. The van der Waals surface area contributed by atoms with Crippen molar-refractivity contribution in [1.82, 2.24) is 5.32 Å². The highest BCUT2D eigenvalue weighted by atomic mass is 16.5. The second kappa shape index (κ2) is 5.22. The third-order valence-electron chi connectivity index (χ3n) is 2.38. The van der Waals surface area contributed by atoms with Crippen molar-refractivity contribution in [2.45, 2.75) is 39.2 Å². The molecule has 0 amide bonds. The smallest absolute Gasteiger partial charge is 0.319 e. The molecule has 0 radical (unpaired) electrons. The van der Waals surface area contributed by atoms with Gasteiger partial charge in [0.25, 0.3) is 0 Å². The number of ether oxygens (including phenoxy) is 1. The molecule has 1 N–H and O–H groups in total. The molecule has 13 heavy (non-hydrogen) atoms. The van der Waals surface area contributed by atoms with Gasteiger partial charge in [0.05, 0.1) is 13.2 Å². The summed E-state index contributed by atoms with van der Waals surface area (Å²) >= 11 is 0. The normalized spacial score (nSPS) is 25.7. The number of hydrogen-bond donors (Lipinski definition) is 1. The maximum Gasteiger partial charge on any atom is 0.319 e. The van der Waals surface area contributed by atoms with Gasteiger partial charge in [0.15, 0.2) is 0 Å². The lowest BCUT2D eigenvalue weighted by Crippen LogP contribution is -2.27. The van der Waals surface area contributed by atoms with Gasteiger partial charge < -0.3 is 10.1 Å². The zero-order valence-corrected chi connectivity index (χ0v) is 8.51. The van der Waals surface area contributed by atoms with Gasteiger partial charge in [0.1, 0.15) is 0 Å². The number of nitrogens with one attached hydrogen (secondary N) is 1. The van der Waals surface area contributed by atoms with E-state index in [0.717, 1.165) is 18.8 Å². The summed E-state index contributed by atoms with van der Waals surface area (Å²) in [5.41, 5.74) is 0. The van der Waals surface area contributed by atoms with Crippen LogP contribution in [-0.2, 0) is 9.53 Å². The van der Waals surface area contributed by atoms with Gasteiger partial charge in [-0.2, -0.15) is 0 Å². The molecule has 0 aromatic carbocycles. The zero-order valence-electron chi connectivity index (χ0n) is 8.51. The van der Waals surface area contributed by atoms with Gasteiger partial charge in [-0.15, -0.1) is 0 Å². The lowest BCUT2D eigenvalue weighted by Gasteiger charge is -2.04. The molecule has 0 saturated heterocycles. The Balaban J connectivity index is 1.92. The quantitative estimate of drug-likeness (QED) is 0.501. The van der Waals surface area contributed by atoms with Gasteiger partial charge in [0.2, 0.25) is 0 Å². The number of esters is 1. The summed E-state index contributed by atoms with van der Waals surface area (Å²) in [5, 5.41) is 3.16. The summed E-state index contributed by atoms with van der Waals surface area (Å²) < 4.78 is 4.99. The van der Waals surface area contributed by atoms with Crippen LogP contribution in [-0.4, -0.2) is 25.2 Å². The van der Waals surface area contributed by atoms with Crippen LogP contribution in [0.3, 0.4) is 0 Å². The number of hydrogen-bond acceptors (Lipinski definition) is 3. The molecular formula is C10H19NO2. The predicted octanol–water partition coefficient (Wildman–Crippen LogP) is 1.33. The Morgan fingerprint density at radius 1 is 1.62 bits per heavy atom. The van der Waals surface area contributed by atoms with Crippen LogP contribution in [0.5, 0.6) is 0 Å². The number of rotatable bonds is 6. The summed E-state index contributed by atoms with van der Waals surface area (Å²) in [4.78, 5) is 11.1. The predicted molar refractivity (Wildman–Crippen MR) is 51.4 cm³/mol. The van der Waals surface area contributed by atoms with E-state index < -0.39 is 0 Å². The molecule has 2 unspecified atom stereocenters. The number of unbranched alkanes of at least 4 members (excludes halogenated alkanes) is 1. The third-order valence-corrected chi connectivity index (χ3v) is 2.38. The summed E-state index contributed by atoms with van der Waals surface area (Å²) in [6.45, 7) is 5.20. The lowest BCUT2D eigenvalue weighted by molar-refractivity contribution is -0.142. The molecule has 1 rings (SSSR count). The summed E-state index contributed by atoms with van der Waals surface area (Å²) in [7, 11) is 0. The van der Waals surface area contributed by atoms with E-state index in [9.17, 15) is 4.79 Å². The number of carbonyl (C=O) groups is 1. The van der Waals surface area contributed by atoms with Crippen molar-refractivity contribution < 1.29 is 9.53 Å². The summed E-state index contributed by atoms with van der Waals surface area (Å²) in [6.07, 6.45) is 3.23. The minimum Gasteiger partial charge on any atom is -0.465 e. The molecule has 76 valence electrons. The Morgan fingerprint density at radius 3 is 2.85 bits per heavy atom. The molecular weight excluding hydrogens is 166 g/mol. The Morgan fingerprint density at radius 2 is 2.31 bits per heavy atom. The molecule has 0 spiro atoms. The second-order valence-corrected chi connectivity index (χ2v) is 3.77.